The second-order valence-electron chi connectivity index (χ2n) is 31.1. The van der Waals surface area contributed by atoms with Gasteiger partial charge in [-0.1, -0.05) is 6.92 Å². The van der Waals surface area contributed by atoms with Gasteiger partial charge >= 0.3 is 0 Å². The number of halogens is 2. The van der Waals surface area contributed by atoms with Crippen LogP contribution in [0.25, 0.3) is 104 Å². The highest BCUT2D eigenvalue weighted by Gasteiger charge is 2.36. The van der Waals surface area contributed by atoms with Crippen molar-refractivity contribution >= 4 is 219 Å². The molecule has 0 spiro atoms. The van der Waals surface area contributed by atoms with Crippen LogP contribution in [0.15, 0.2) is 86.1 Å². The predicted molar refractivity (Wildman–Crippen MR) is 496 cm³/mol. The Labute approximate surface area is 742 Å². The summed E-state index contributed by atoms with van der Waals surface area (Å²) in [7, 11) is 0. The fourth-order valence-electron chi connectivity index (χ4n) is 16.3. The molecule has 2 aliphatic carbocycles. The molecule has 1 unspecified atom stereocenters. The fourth-order valence-corrected chi connectivity index (χ4v) is 28.3. The first-order chi connectivity index (χ1) is 58.6. The third-order valence-corrected chi connectivity index (χ3v) is 32.8. The molecular formula is C86H89F2N18O6S10+. The van der Waals surface area contributed by atoms with Crippen LogP contribution >= 0.6 is 113 Å². The number of anilines is 5. The summed E-state index contributed by atoms with van der Waals surface area (Å²) in [6.45, 7) is 25.1. The van der Waals surface area contributed by atoms with Crippen molar-refractivity contribution in [3.63, 3.8) is 0 Å². The summed E-state index contributed by atoms with van der Waals surface area (Å²) >= 11 is 16.2. The zero-order valence-electron chi connectivity index (χ0n) is 68.9. The van der Waals surface area contributed by atoms with Crippen LogP contribution in [0, 0.1) is 0 Å². The standard InChI is InChI=1S/C19H22N4OS2.C17H15F2N3OS2.2C17H18N4OS2.C16H15N3O2S2/c1-10(2)23-8-11(3)16-15(9-23)26-18(21-12(4)24)17(16)19-22-13-7-20-6-5-14(13)25-19;1-8(23)21-16-12(9-4-2-3-5-10(9)24-16)17-22-13-11(25-17)6-7-20-14(13)15(18)19;2*1-8-6-11-14(17-21-12-7-18-5-4-13(12)23-17)16(20-10(3)22)24-15(11)9(2)19-8;1-9(20)17-15-14(10-4-2-3-5-12(10)22-15)16-18-11-8-19(21)7-6-13(11)23-16/h5-7,10-11H,8-9H2,1-4H3,(H,21,24);6-7,15H,2-5H2,1H3,(H,21,23);2*4-5,7-9,19H,6H2,1-3H3,(H,20,22);6-8H,2-5H2,1H3,(H-,17,18,20,21)/p+1/t;;2*8-,9-;/m..10./s1. The minimum Gasteiger partial charge on any atom is -0.317 e. The Hall–Kier alpha value is -9.41. The number of rotatable bonds is 12. The first kappa shape index (κ1) is 86.1. The van der Waals surface area contributed by atoms with Gasteiger partial charge in [0.15, 0.2) is 5.52 Å². The molecule has 36 heteroatoms. The van der Waals surface area contributed by atoms with E-state index in [1.54, 1.807) is 178 Å². The number of nitrogens with one attached hydrogen (secondary N) is 7. The summed E-state index contributed by atoms with van der Waals surface area (Å²) < 4.78 is 32.5. The van der Waals surface area contributed by atoms with Gasteiger partial charge in [-0.25, -0.2) is 33.7 Å². The van der Waals surface area contributed by atoms with E-state index in [4.69, 9.17) is 15.0 Å². The number of fused-ring (bicyclic) bond motifs is 10. The van der Waals surface area contributed by atoms with Gasteiger partial charge in [0.25, 0.3) is 6.43 Å². The lowest BCUT2D eigenvalue weighted by atomic mass is 9.92. The number of hydrogen-bond donors (Lipinski definition) is 8. The number of thiazole rings is 5. The third-order valence-electron chi connectivity index (χ3n) is 21.3. The SMILES string of the molecule is CC(=O)Nc1sc2c(c1-c1nc3c(C(F)F)nccc3s1)CCCC2.CC(=O)Nc1sc2c(c1-c1nc3c[n+](O)ccc3s1)CCCC2.CC(=O)Nc1sc2c(c1-c1nc3cnccc3s1)C(C)CN(C(C)C)C2.CC(=O)Nc1sc2c(c1-c1nc3cnccc3s1)C[C@@H](C)N[C@@H]2C.CC(=O)Nc1sc2c(c1-c1nc3cnccc3s1)C[C@H](C)N[C@H]2C. The number of alkyl halides is 2. The van der Waals surface area contributed by atoms with E-state index < -0.39 is 6.43 Å². The number of thiophene rings is 5. The highest BCUT2D eigenvalue weighted by Crippen LogP contribution is 2.54. The maximum Gasteiger partial charge on any atom is 0.282 e. The molecule has 15 aromatic rings. The first-order valence-electron chi connectivity index (χ1n) is 40.2. The highest BCUT2D eigenvalue weighted by atomic mass is 32.1. The Morgan fingerprint density at radius 3 is 1.28 bits per heavy atom. The maximum absolute atomic E-state index is 13.2. The lowest BCUT2D eigenvalue weighted by molar-refractivity contribution is -0.904. The molecule has 5 atom stereocenters. The third kappa shape index (κ3) is 18.4. The first-order valence-corrected chi connectivity index (χ1v) is 48.4. The van der Waals surface area contributed by atoms with Gasteiger partial charge in [-0.05, 0) is 164 Å². The van der Waals surface area contributed by atoms with Crippen LogP contribution in [-0.2, 0) is 69.0 Å². The number of nitrogens with zero attached hydrogens (tertiary/aromatic N) is 11. The number of hydrogen-bond acceptors (Lipinski definition) is 28. The van der Waals surface area contributed by atoms with E-state index in [-0.39, 0.29) is 52.8 Å². The minimum atomic E-state index is -2.66. The molecule has 24 nitrogen and oxygen atoms in total. The molecule has 0 fully saturated rings. The van der Waals surface area contributed by atoms with Crippen LogP contribution in [0.1, 0.15) is 191 Å². The number of aryl methyl sites for hydroxylation is 2. The van der Waals surface area contributed by atoms with Crippen molar-refractivity contribution in [3.05, 3.63) is 144 Å². The molecule has 0 saturated carbocycles. The monoisotopic (exact) mass is 1830 g/mol. The van der Waals surface area contributed by atoms with Crippen molar-refractivity contribution in [3.8, 4) is 52.9 Å². The van der Waals surface area contributed by atoms with E-state index >= 15 is 0 Å². The topological polar surface area (TPSA) is 313 Å². The molecular weight excluding hydrogens is 1740 g/mol. The maximum atomic E-state index is 13.2. The van der Waals surface area contributed by atoms with E-state index in [2.05, 4.69) is 120 Å². The van der Waals surface area contributed by atoms with Crippen LogP contribution in [0.5, 0.6) is 0 Å². The lowest BCUT2D eigenvalue weighted by Crippen LogP contribution is -2.36. The molecule has 8 N–H and O–H groups in total. The Balaban J connectivity index is 0.000000113. The quantitative estimate of drug-likeness (QED) is 0.0416. The van der Waals surface area contributed by atoms with Gasteiger partial charge in [-0.3, -0.25) is 54.0 Å². The van der Waals surface area contributed by atoms with Gasteiger partial charge in [0.2, 0.25) is 41.9 Å². The second-order valence-corrected chi connectivity index (χ2v) is 41.7. The van der Waals surface area contributed by atoms with Crippen molar-refractivity contribution < 1.29 is 42.7 Å². The molecule has 0 radical (unpaired) electrons. The van der Waals surface area contributed by atoms with Gasteiger partial charge < -0.3 is 37.2 Å². The number of pyridine rings is 5. The molecule has 0 aromatic carbocycles. The van der Waals surface area contributed by atoms with Gasteiger partial charge in [0.1, 0.15) is 77.8 Å². The summed E-state index contributed by atoms with van der Waals surface area (Å²) in [6, 6.07) is 11.4. The molecule has 15 aromatic heterocycles. The van der Waals surface area contributed by atoms with Crippen molar-refractivity contribution in [2.24, 2.45) is 0 Å². The Morgan fingerprint density at radius 2 is 0.844 bits per heavy atom. The molecule has 18 heterocycles. The zero-order valence-corrected chi connectivity index (χ0v) is 77.0. The Bertz CT molecular complexity index is 6250. The Morgan fingerprint density at radius 1 is 0.467 bits per heavy atom. The van der Waals surface area contributed by atoms with Gasteiger partial charge in [-0.15, -0.1) is 113 Å². The van der Waals surface area contributed by atoms with E-state index in [0.29, 0.717) is 33.8 Å². The summed E-state index contributed by atoms with van der Waals surface area (Å²) in [6.07, 6.45) is 23.2. The zero-order chi connectivity index (χ0) is 85.6. The molecule has 5 aliphatic rings. The van der Waals surface area contributed by atoms with E-state index in [1.165, 1.54) is 96.4 Å². The van der Waals surface area contributed by atoms with Crippen molar-refractivity contribution in [2.75, 3.05) is 33.1 Å². The molecule has 0 saturated heterocycles. The van der Waals surface area contributed by atoms with Gasteiger partial charge in [0.05, 0.1) is 42.1 Å². The van der Waals surface area contributed by atoms with Crippen LogP contribution in [0.4, 0.5) is 33.8 Å². The molecule has 0 bridgehead atoms. The van der Waals surface area contributed by atoms with Crippen LogP contribution in [0.3, 0.4) is 0 Å². The molecule has 5 amide bonds. The molecule has 122 heavy (non-hydrogen) atoms. The molecule has 20 rings (SSSR count). The van der Waals surface area contributed by atoms with Crippen LogP contribution in [-0.4, -0.2) is 109 Å². The fraction of sp³-hybridized carbons (Fsp3) is 0.360. The van der Waals surface area contributed by atoms with Crippen molar-refractivity contribution in [2.45, 2.75) is 196 Å². The van der Waals surface area contributed by atoms with Crippen LogP contribution < -0.4 is 41.9 Å². The van der Waals surface area contributed by atoms with Gasteiger partial charge in [0, 0.05) is 166 Å². The summed E-state index contributed by atoms with van der Waals surface area (Å²) in [5.74, 6) is 0.0636. The number of amides is 5. The highest BCUT2D eigenvalue weighted by molar-refractivity contribution is 7.25. The van der Waals surface area contributed by atoms with Gasteiger partial charge in [-0.2, -0.15) is 0 Å². The Kier molecular flexibility index (Phi) is 26.0. The average Bonchev–Trinajstić information content (AvgIpc) is 1.62. The van der Waals surface area contributed by atoms with E-state index in [1.807, 2.05) is 24.3 Å². The predicted octanol–water partition coefficient (Wildman–Crippen LogP) is 21.2. The summed E-state index contributed by atoms with van der Waals surface area (Å²) in [5, 5.41) is 40.5. The van der Waals surface area contributed by atoms with Crippen LogP contribution in [0.2, 0.25) is 0 Å². The largest absolute Gasteiger partial charge is 0.317 e. The van der Waals surface area contributed by atoms with E-state index in [9.17, 15) is 38.0 Å². The minimum absolute atomic E-state index is 0.0407. The summed E-state index contributed by atoms with van der Waals surface area (Å²) in [5.41, 5.74) is 15.2. The number of carbonyl (C=O) groups is 5. The molecule has 3 aliphatic heterocycles. The summed E-state index contributed by atoms with van der Waals surface area (Å²) in [4.78, 5) is 107. The van der Waals surface area contributed by atoms with Crippen molar-refractivity contribution in [1.82, 2.24) is 60.4 Å². The lowest BCUT2D eigenvalue weighted by Gasteiger charge is -2.34. The normalized spacial score (nSPS) is 17.2. The molecule has 632 valence electrons. The second kappa shape index (κ2) is 36.8. The van der Waals surface area contributed by atoms with E-state index in [0.717, 1.165) is 183 Å². The smallest absolute Gasteiger partial charge is 0.282 e. The number of aromatic nitrogens is 10. The number of carbonyl (C=O) groups excluding carboxylic acids is 5. The van der Waals surface area contributed by atoms with Crippen molar-refractivity contribution in [1.29, 1.82) is 0 Å². The average molecular weight is 1830 g/mol.